The van der Waals surface area contributed by atoms with Crippen LogP contribution in [0, 0.1) is 18.3 Å². The van der Waals surface area contributed by atoms with Crippen molar-refractivity contribution in [1.82, 2.24) is 10.2 Å². The number of rotatable bonds is 6. The molecular weight excluding hydrogens is 326 g/mol. The molecule has 1 aromatic heterocycles. The van der Waals surface area contributed by atoms with Gasteiger partial charge in [0.25, 0.3) is 0 Å². The number of aryl methyl sites for hydroxylation is 1. The van der Waals surface area contributed by atoms with Crippen LogP contribution in [0.3, 0.4) is 0 Å². The van der Waals surface area contributed by atoms with Crippen LogP contribution in [-0.4, -0.2) is 10.2 Å². The van der Waals surface area contributed by atoms with Gasteiger partial charge in [0.15, 0.2) is 0 Å². The summed E-state index contributed by atoms with van der Waals surface area (Å²) in [4.78, 5) is 0. The Hall–Kier alpha value is -2.51. The maximum absolute atomic E-state index is 8.94. The molecule has 2 aromatic carbocycles. The number of hydrogen-bond acceptors (Lipinski definition) is 4. The molecule has 25 heavy (non-hydrogen) atoms. The smallest absolute Gasteiger partial charge is 0.147 e. The van der Waals surface area contributed by atoms with Crippen molar-refractivity contribution in [3.05, 3.63) is 70.2 Å². The predicted molar refractivity (Wildman–Crippen MR) is 103 cm³/mol. The zero-order chi connectivity index (χ0) is 17.6. The minimum Gasteiger partial charge on any atom is -0.192 e. The van der Waals surface area contributed by atoms with E-state index in [2.05, 4.69) is 54.4 Å². The molecule has 0 radical (unpaired) electrons. The molecule has 0 saturated heterocycles. The lowest BCUT2D eigenvalue weighted by atomic mass is 9.95. The van der Waals surface area contributed by atoms with Gasteiger partial charge in [-0.1, -0.05) is 60.6 Å². The van der Waals surface area contributed by atoms with Gasteiger partial charge < -0.3 is 0 Å². The summed E-state index contributed by atoms with van der Waals surface area (Å²) in [5, 5.41) is 19.9. The molecule has 0 N–H and O–H groups in total. The Morgan fingerprint density at radius 1 is 1.12 bits per heavy atom. The van der Waals surface area contributed by atoms with Gasteiger partial charge in [0.05, 0.1) is 11.6 Å². The summed E-state index contributed by atoms with van der Waals surface area (Å²) in [5.41, 5.74) is 4.31. The Balaban J connectivity index is 1.82. The van der Waals surface area contributed by atoms with Crippen LogP contribution in [0.5, 0.6) is 0 Å². The van der Waals surface area contributed by atoms with Crippen LogP contribution in [0.15, 0.2) is 48.5 Å². The molecule has 0 aliphatic rings. The van der Waals surface area contributed by atoms with Gasteiger partial charge >= 0.3 is 0 Å². The maximum Gasteiger partial charge on any atom is 0.147 e. The standard InChI is InChI=1S/C21H21N3S/c1-3-5-18(13-16-8-10-17(14-22)11-9-16)20-23-24-21(25-20)19-7-4-6-15(2)12-19/h4,6-12,18H,3,5,13H2,1-2H3/t18-/m0/s1. The highest BCUT2D eigenvalue weighted by Gasteiger charge is 2.17. The maximum atomic E-state index is 8.94. The van der Waals surface area contributed by atoms with Crippen LogP contribution >= 0.6 is 11.3 Å². The highest BCUT2D eigenvalue weighted by molar-refractivity contribution is 7.14. The van der Waals surface area contributed by atoms with E-state index < -0.39 is 0 Å². The molecular formula is C21H21N3S. The van der Waals surface area contributed by atoms with Gasteiger partial charge in [-0.3, -0.25) is 0 Å². The van der Waals surface area contributed by atoms with E-state index in [1.54, 1.807) is 11.3 Å². The zero-order valence-corrected chi connectivity index (χ0v) is 15.4. The molecule has 0 aliphatic carbocycles. The highest BCUT2D eigenvalue weighted by Crippen LogP contribution is 2.32. The van der Waals surface area contributed by atoms with Crippen molar-refractivity contribution in [2.24, 2.45) is 0 Å². The Labute approximate surface area is 153 Å². The molecule has 0 spiro atoms. The second-order valence-electron chi connectivity index (χ2n) is 6.31. The topological polar surface area (TPSA) is 49.6 Å². The van der Waals surface area contributed by atoms with E-state index in [4.69, 9.17) is 5.26 Å². The Morgan fingerprint density at radius 2 is 1.92 bits per heavy atom. The molecule has 1 atom stereocenters. The van der Waals surface area contributed by atoms with Crippen LogP contribution in [0.4, 0.5) is 0 Å². The van der Waals surface area contributed by atoms with E-state index in [0.29, 0.717) is 11.5 Å². The zero-order valence-electron chi connectivity index (χ0n) is 14.6. The van der Waals surface area contributed by atoms with E-state index in [9.17, 15) is 0 Å². The first-order valence-electron chi connectivity index (χ1n) is 8.59. The number of nitriles is 1. The summed E-state index contributed by atoms with van der Waals surface area (Å²) in [6.45, 7) is 4.30. The van der Waals surface area contributed by atoms with Crippen LogP contribution in [-0.2, 0) is 6.42 Å². The third-order valence-corrected chi connectivity index (χ3v) is 5.39. The van der Waals surface area contributed by atoms with E-state index in [-0.39, 0.29) is 0 Å². The van der Waals surface area contributed by atoms with Crippen molar-refractivity contribution in [3.63, 3.8) is 0 Å². The lowest BCUT2D eigenvalue weighted by Gasteiger charge is -2.12. The monoisotopic (exact) mass is 347 g/mol. The molecule has 0 bridgehead atoms. The van der Waals surface area contributed by atoms with Crippen LogP contribution < -0.4 is 0 Å². The molecule has 0 saturated carbocycles. The third kappa shape index (κ3) is 4.32. The largest absolute Gasteiger partial charge is 0.192 e. The van der Waals surface area contributed by atoms with Gasteiger partial charge in [0, 0.05) is 11.5 Å². The van der Waals surface area contributed by atoms with Crippen molar-refractivity contribution in [2.45, 2.75) is 39.0 Å². The van der Waals surface area contributed by atoms with E-state index in [1.165, 1.54) is 11.1 Å². The summed E-state index contributed by atoms with van der Waals surface area (Å²) >= 11 is 1.70. The van der Waals surface area contributed by atoms with Crippen LogP contribution in [0.1, 0.15) is 47.4 Å². The summed E-state index contributed by atoms with van der Waals surface area (Å²) in [7, 11) is 0. The van der Waals surface area contributed by atoms with E-state index >= 15 is 0 Å². The quantitative estimate of drug-likeness (QED) is 0.590. The second-order valence-corrected chi connectivity index (χ2v) is 7.32. The summed E-state index contributed by atoms with van der Waals surface area (Å²) in [5.74, 6) is 0.369. The molecule has 126 valence electrons. The van der Waals surface area contributed by atoms with Gasteiger partial charge in [0.1, 0.15) is 10.0 Å². The molecule has 3 aromatic rings. The van der Waals surface area contributed by atoms with Crippen molar-refractivity contribution in [3.8, 4) is 16.6 Å². The SMILES string of the molecule is CCC[C@@H](Cc1ccc(C#N)cc1)c1nnc(-c2cccc(C)c2)s1. The first-order valence-corrected chi connectivity index (χ1v) is 9.40. The van der Waals surface area contributed by atoms with Gasteiger partial charge in [-0.2, -0.15) is 5.26 Å². The fourth-order valence-corrected chi connectivity index (χ4v) is 3.93. The lowest BCUT2D eigenvalue weighted by molar-refractivity contribution is 0.601. The predicted octanol–water partition coefficient (Wildman–Crippen LogP) is 5.51. The Morgan fingerprint density at radius 3 is 2.60 bits per heavy atom. The number of hydrogen-bond donors (Lipinski definition) is 0. The average Bonchev–Trinajstić information content (AvgIpc) is 3.12. The fraction of sp³-hybridized carbons (Fsp3) is 0.286. The molecule has 0 fully saturated rings. The van der Waals surface area contributed by atoms with Gasteiger partial charge in [-0.05, 0) is 43.5 Å². The molecule has 0 amide bonds. The lowest BCUT2D eigenvalue weighted by Crippen LogP contribution is -2.02. The first-order chi connectivity index (χ1) is 12.2. The second kappa shape index (κ2) is 8.04. The fourth-order valence-electron chi connectivity index (χ4n) is 2.96. The first kappa shape index (κ1) is 17.3. The number of benzene rings is 2. The average molecular weight is 347 g/mol. The number of nitrogens with zero attached hydrogens (tertiary/aromatic N) is 3. The van der Waals surface area contributed by atoms with Crippen molar-refractivity contribution >= 4 is 11.3 Å². The molecule has 4 heteroatoms. The minimum absolute atomic E-state index is 0.369. The Kier molecular flexibility index (Phi) is 5.57. The van der Waals surface area contributed by atoms with E-state index in [0.717, 1.165) is 34.8 Å². The summed E-state index contributed by atoms with van der Waals surface area (Å²) in [6.07, 6.45) is 3.13. The van der Waals surface area contributed by atoms with Gasteiger partial charge in [0.2, 0.25) is 0 Å². The van der Waals surface area contributed by atoms with Gasteiger partial charge in [-0.15, -0.1) is 10.2 Å². The number of aromatic nitrogens is 2. The summed E-state index contributed by atoms with van der Waals surface area (Å²) in [6, 6.07) is 18.4. The third-order valence-electron chi connectivity index (χ3n) is 4.26. The van der Waals surface area contributed by atoms with Crippen LogP contribution in [0.2, 0.25) is 0 Å². The minimum atomic E-state index is 0.369. The molecule has 1 heterocycles. The molecule has 0 aliphatic heterocycles. The normalized spacial score (nSPS) is 11.9. The summed E-state index contributed by atoms with van der Waals surface area (Å²) < 4.78 is 0. The molecule has 3 nitrogen and oxygen atoms in total. The van der Waals surface area contributed by atoms with Crippen LogP contribution in [0.25, 0.3) is 10.6 Å². The molecule has 3 rings (SSSR count). The van der Waals surface area contributed by atoms with E-state index in [1.807, 2.05) is 24.3 Å². The van der Waals surface area contributed by atoms with Crippen molar-refractivity contribution in [2.75, 3.05) is 0 Å². The van der Waals surface area contributed by atoms with Crippen molar-refractivity contribution < 1.29 is 0 Å². The highest BCUT2D eigenvalue weighted by atomic mass is 32.1. The van der Waals surface area contributed by atoms with Crippen molar-refractivity contribution in [1.29, 1.82) is 5.26 Å². The Bertz CT molecular complexity index is 875. The molecule has 0 unspecified atom stereocenters. The van der Waals surface area contributed by atoms with Gasteiger partial charge in [-0.25, -0.2) is 0 Å².